The summed E-state index contributed by atoms with van der Waals surface area (Å²) in [7, 11) is 1.33. The van der Waals surface area contributed by atoms with Gasteiger partial charge in [0.15, 0.2) is 0 Å². The fraction of sp³-hybridized carbons (Fsp3) is 0.500. The molecule has 0 spiro atoms. The smallest absolute Gasteiger partial charge is 0.337 e. The van der Waals surface area contributed by atoms with Crippen LogP contribution in [0.3, 0.4) is 0 Å². The van der Waals surface area contributed by atoms with Crippen LogP contribution in [-0.2, 0) is 9.53 Å². The molecule has 25 heavy (non-hydrogen) atoms. The molecule has 0 unspecified atom stereocenters. The van der Waals surface area contributed by atoms with Gasteiger partial charge >= 0.3 is 5.97 Å². The van der Waals surface area contributed by atoms with E-state index >= 15 is 0 Å². The lowest BCUT2D eigenvalue weighted by atomic mass is 10.2. The van der Waals surface area contributed by atoms with Crippen molar-refractivity contribution in [1.82, 2.24) is 9.80 Å². The molecule has 1 amide bonds. The molecule has 2 N–H and O–H groups in total. The topological polar surface area (TPSA) is 82.1 Å². The number of hydrogen-bond acceptors (Lipinski definition) is 6. The molecule has 0 aromatic heterocycles. The van der Waals surface area contributed by atoms with Gasteiger partial charge in [0, 0.05) is 38.4 Å². The zero-order valence-corrected chi connectivity index (χ0v) is 15.8. The zero-order chi connectivity index (χ0) is 16.7. The van der Waals surface area contributed by atoms with Crippen LogP contribution in [0.25, 0.3) is 0 Å². The zero-order valence-electron chi connectivity index (χ0n) is 14.1. The van der Waals surface area contributed by atoms with Crippen LogP contribution in [-0.4, -0.2) is 79.8 Å². The summed E-state index contributed by atoms with van der Waals surface area (Å²) in [6.45, 7) is 4.55. The van der Waals surface area contributed by atoms with Crippen molar-refractivity contribution in [3.63, 3.8) is 0 Å². The lowest BCUT2D eigenvalue weighted by molar-refractivity contribution is -0.117. The number of anilines is 1. The van der Waals surface area contributed by atoms with Crippen LogP contribution < -0.4 is 5.32 Å². The Kier molecular flexibility index (Phi) is 11.4. The Bertz CT molecular complexity index is 535. The van der Waals surface area contributed by atoms with Gasteiger partial charge in [0.2, 0.25) is 5.91 Å². The van der Waals surface area contributed by atoms with E-state index in [4.69, 9.17) is 5.11 Å². The highest BCUT2D eigenvalue weighted by atomic mass is 35.5. The number of rotatable bonds is 6. The number of carbonyl (C=O) groups is 2. The molecule has 1 aliphatic heterocycles. The van der Waals surface area contributed by atoms with Crippen molar-refractivity contribution in [3.8, 4) is 0 Å². The maximum atomic E-state index is 12.1. The molecule has 1 heterocycles. The number of nitrogens with zero attached hydrogens (tertiary/aromatic N) is 2. The SMILES string of the molecule is COC(=O)c1ccc(NC(=O)CN2CCN(CCO)CC2)cc1.Cl.Cl. The Hall–Kier alpha value is -1.38. The highest BCUT2D eigenvalue weighted by molar-refractivity contribution is 5.94. The van der Waals surface area contributed by atoms with E-state index < -0.39 is 5.97 Å². The molecule has 0 saturated carbocycles. The second-order valence-corrected chi connectivity index (χ2v) is 5.46. The highest BCUT2D eigenvalue weighted by Gasteiger charge is 2.18. The van der Waals surface area contributed by atoms with Gasteiger partial charge in [0.1, 0.15) is 0 Å². The number of carbonyl (C=O) groups excluding carboxylic acids is 2. The number of piperazine rings is 1. The number of esters is 1. The fourth-order valence-corrected chi connectivity index (χ4v) is 2.52. The number of hydrogen-bond donors (Lipinski definition) is 2. The van der Waals surface area contributed by atoms with Gasteiger partial charge in [0.05, 0.1) is 25.8 Å². The van der Waals surface area contributed by atoms with Crippen molar-refractivity contribution in [2.75, 3.05) is 58.3 Å². The van der Waals surface area contributed by atoms with E-state index in [9.17, 15) is 9.59 Å². The molecule has 7 nitrogen and oxygen atoms in total. The maximum Gasteiger partial charge on any atom is 0.337 e. The van der Waals surface area contributed by atoms with Crippen LogP contribution >= 0.6 is 24.8 Å². The molecular formula is C16H25Cl2N3O4. The molecule has 1 aliphatic rings. The van der Waals surface area contributed by atoms with E-state index in [1.165, 1.54) is 7.11 Å². The van der Waals surface area contributed by atoms with Crippen LogP contribution in [0.1, 0.15) is 10.4 Å². The maximum absolute atomic E-state index is 12.1. The summed E-state index contributed by atoms with van der Waals surface area (Å²) in [5.41, 5.74) is 1.10. The number of amides is 1. The summed E-state index contributed by atoms with van der Waals surface area (Å²) in [5, 5.41) is 11.7. The van der Waals surface area contributed by atoms with Gasteiger partial charge in [-0.3, -0.25) is 14.6 Å². The normalized spacial score (nSPS) is 14.8. The summed E-state index contributed by atoms with van der Waals surface area (Å²) < 4.78 is 4.63. The molecule has 1 saturated heterocycles. The summed E-state index contributed by atoms with van der Waals surface area (Å²) >= 11 is 0. The fourth-order valence-electron chi connectivity index (χ4n) is 2.52. The molecule has 0 radical (unpaired) electrons. The molecule has 9 heteroatoms. The van der Waals surface area contributed by atoms with Crippen molar-refractivity contribution in [1.29, 1.82) is 0 Å². The van der Waals surface area contributed by atoms with Crippen molar-refractivity contribution in [2.24, 2.45) is 0 Å². The van der Waals surface area contributed by atoms with Crippen molar-refractivity contribution >= 4 is 42.4 Å². The minimum atomic E-state index is -0.399. The minimum absolute atomic E-state index is 0. The average molecular weight is 394 g/mol. The van der Waals surface area contributed by atoms with E-state index in [1.807, 2.05) is 0 Å². The van der Waals surface area contributed by atoms with E-state index in [1.54, 1.807) is 24.3 Å². The first-order valence-electron chi connectivity index (χ1n) is 7.66. The van der Waals surface area contributed by atoms with Crippen molar-refractivity contribution < 1.29 is 19.4 Å². The van der Waals surface area contributed by atoms with Crippen molar-refractivity contribution in [3.05, 3.63) is 29.8 Å². The number of ether oxygens (including phenoxy) is 1. The summed E-state index contributed by atoms with van der Waals surface area (Å²) in [5.74, 6) is -0.477. The second-order valence-electron chi connectivity index (χ2n) is 5.46. The first-order valence-corrected chi connectivity index (χ1v) is 7.66. The largest absolute Gasteiger partial charge is 0.465 e. The lowest BCUT2D eigenvalue weighted by Gasteiger charge is -2.33. The van der Waals surface area contributed by atoms with Crippen molar-refractivity contribution in [2.45, 2.75) is 0 Å². The van der Waals surface area contributed by atoms with E-state index in [0.717, 1.165) is 26.2 Å². The molecule has 1 aromatic rings. The van der Waals surface area contributed by atoms with Crippen LogP contribution in [0.15, 0.2) is 24.3 Å². The monoisotopic (exact) mass is 393 g/mol. The number of aliphatic hydroxyl groups excluding tert-OH is 1. The summed E-state index contributed by atoms with van der Waals surface area (Å²) in [6, 6.07) is 6.61. The highest BCUT2D eigenvalue weighted by Crippen LogP contribution is 2.11. The Morgan fingerprint density at radius 1 is 1.08 bits per heavy atom. The van der Waals surface area contributed by atoms with Gasteiger partial charge in [0.25, 0.3) is 0 Å². The van der Waals surface area contributed by atoms with Gasteiger partial charge < -0.3 is 15.2 Å². The third kappa shape index (κ3) is 7.58. The summed E-state index contributed by atoms with van der Waals surface area (Å²) in [6.07, 6.45) is 0. The number of benzene rings is 1. The standard InChI is InChI=1S/C16H23N3O4.2ClH/c1-23-16(22)13-2-4-14(5-3-13)17-15(21)12-19-8-6-18(7-9-19)10-11-20;;/h2-5,20H,6-12H2,1H3,(H,17,21);2*1H. The molecule has 142 valence electrons. The number of β-amino-alcohol motifs (C(OH)–C–C–N with tert-alkyl or cyclic N) is 1. The number of halogens is 2. The van der Waals surface area contributed by atoms with E-state index in [0.29, 0.717) is 24.3 Å². The van der Waals surface area contributed by atoms with Gasteiger partial charge in [-0.25, -0.2) is 4.79 Å². The van der Waals surface area contributed by atoms with E-state index in [2.05, 4.69) is 19.9 Å². The number of aliphatic hydroxyl groups is 1. The van der Waals surface area contributed by atoms with Gasteiger partial charge in [-0.2, -0.15) is 0 Å². The number of methoxy groups -OCH3 is 1. The average Bonchev–Trinajstić information content (AvgIpc) is 2.57. The Morgan fingerprint density at radius 2 is 1.64 bits per heavy atom. The first kappa shape index (κ1) is 23.6. The predicted molar refractivity (Wildman–Crippen MR) is 101 cm³/mol. The third-order valence-electron chi connectivity index (χ3n) is 3.84. The molecule has 1 aromatic carbocycles. The molecular weight excluding hydrogens is 369 g/mol. The van der Waals surface area contributed by atoms with Crippen LogP contribution in [0.4, 0.5) is 5.69 Å². The summed E-state index contributed by atoms with van der Waals surface area (Å²) in [4.78, 5) is 27.7. The number of nitrogens with one attached hydrogen (secondary N) is 1. The predicted octanol–water partition coefficient (Wildman–Crippen LogP) is 0.865. The molecule has 0 atom stereocenters. The second kappa shape index (κ2) is 12.1. The molecule has 0 aliphatic carbocycles. The first-order chi connectivity index (χ1) is 11.1. The lowest BCUT2D eigenvalue weighted by Crippen LogP contribution is -2.49. The Balaban J connectivity index is 0.00000288. The van der Waals surface area contributed by atoms with Gasteiger partial charge in [-0.15, -0.1) is 24.8 Å². The molecule has 2 rings (SSSR count). The van der Waals surface area contributed by atoms with Crippen LogP contribution in [0.5, 0.6) is 0 Å². The van der Waals surface area contributed by atoms with Gasteiger partial charge in [-0.05, 0) is 24.3 Å². The van der Waals surface area contributed by atoms with Crippen LogP contribution in [0.2, 0.25) is 0 Å². The Labute approximate surface area is 160 Å². The third-order valence-corrected chi connectivity index (χ3v) is 3.84. The van der Waals surface area contributed by atoms with E-state index in [-0.39, 0.29) is 37.3 Å². The Morgan fingerprint density at radius 3 is 2.16 bits per heavy atom. The minimum Gasteiger partial charge on any atom is -0.465 e. The van der Waals surface area contributed by atoms with Gasteiger partial charge in [-0.1, -0.05) is 0 Å². The van der Waals surface area contributed by atoms with Crippen LogP contribution in [0, 0.1) is 0 Å². The molecule has 1 fully saturated rings. The molecule has 0 bridgehead atoms. The quantitative estimate of drug-likeness (QED) is 0.697.